The van der Waals surface area contributed by atoms with Crippen molar-refractivity contribution in [3.05, 3.63) is 175 Å². The van der Waals surface area contributed by atoms with E-state index < -0.39 is 0 Å². The van der Waals surface area contributed by atoms with Crippen molar-refractivity contribution in [3.8, 4) is 33.9 Å². The molecule has 308 valence electrons. The quantitative estimate of drug-likeness (QED) is 0.0802. The topological polar surface area (TPSA) is 191 Å². The molecule has 15 heteroatoms. The highest BCUT2D eigenvalue weighted by molar-refractivity contribution is 5.89. The van der Waals surface area contributed by atoms with Crippen molar-refractivity contribution in [2.24, 2.45) is 0 Å². The van der Waals surface area contributed by atoms with Gasteiger partial charge in [0.15, 0.2) is 11.5 Å². The number of aromatic nitrogens is 6. The molecule has 0 saturated heterocycles. The van der Waals surface area contributed by atoms with E-state index >= 15 is 0 Å². The molecule has 0 atom stereocenters. The Bertz CT molecular complexity index is 2860. The second kappa shape index (κ2) is 19.0. The molecule has 4 N–H and O–H groups in total. The second-order valence-electron chi connectivity index (χ2n) is 13.8. The predicted octanol–water partition coefficient (Wildman–Crippen LogP) is 10.8. The SMILES string of the molecule is COC(=O)c1ccc(CNc2ccc(C)c(Nc3nc(-c4cccnc4)co3)c2)cc1.Cc1ccc(Nc2ncc(-c3cccnc3)o2)cc1Nc1ncc(-c2ccncc2)o1. The summed E-state index contributed by atoms with van der Waals surface area (Å²) in [5.41, 5.74) is 10.6. The molecule has 0 amide bonds. The van der Waals surface area contributed by atoms with Crippen LogP contribution in [-0.2, 0) is 11.3 Å². The zero-order chi connectivity index (χ0) is 42.7. The van der Waals surface area contributed by atoms with Crippen molar-refractivity contribution in [1.29, 1.82) is 0 Å². The number of hydrogen-bond donors (Lipinski definition) is 4. The van der Waals surface area contributed by atoms with Crippen molar-refractivity contribution < 1.29 is 22.8 Å². The number of oxazole rings is 3. The largest absolute Gasteiger partial charge is 0.465 e. The molecule has 0 aliphatic carbocycles. The maximum absolute atomic E-state index is 11.5. The third-order valence-electron chi connectivity index (χ3n) is 9.47. The first kappa shape index (κ1) is 40.2. The first-order valence-electron chi connectivity index (χ1n) is 19.4. The molecule has 6 heterocycles. The Morgan fingerprint density at radius 3 is 1.89 bits per heavy atom. The number of methoxy groups -OCH3 is 1. The monoisotopic (exact) mass is 824 g/mol. The van der Waals surface area contributed by atoms with Crippen LogP contribution in [0, 0.1) is 13.8 Å². The van der Waals surface area contributed by atoms with Gasteiger partial charge in [0.1, 0.15) is 12.0 Å². The molecule has 9 rings (SSSR count). The highest BCUT2D eigenvalue weighted by atomic mass is 16.5. The molecule has 0 unspecified atom stereocenters. The van der Waals surface area contributed by atoms with Gasteiger partial charge in [-0.2, -0.15) is 4.98 Å². The number of hydrogen-bond acceptors (Lipinski definition) is 15. The molecular weight excluding hydrogens is 785 g/mol. The maximum atomic E-state index is 11.5. The third-order valence-corrected chi connectivity index (χ3v) is 9.47. The van der Waals surface area contributed by atoms with Crippen molar-refractivity contribution >= 4 is 46.8 Å². The fraction of sp³-hybridized carbons (Fsp3) is 0.0851. The van der Waals surface area contributed by atoms with Crippen LogP contribution in [-0.4, -0.2) is 43.0 Å². The molecule has 62 heavy (non-hydrogen) atoms. The summed E-state index contributed by atoms with van der Waals surface area (Å²) in [4.78, 5) is 36.9. The minimum atomic E-state index is -0.341. The first-order chi connectivity index (χ1) is 30.4. The minimum Gasteiger partial charge on any atom is -0.465 e. The molecule has 0 radical (unpaired) electrons. The Hall–Kier alpha value is -8.59. The molecular formula is C47H40N10O5. The predicted molar refractivity (Wildman–Crippen MR) is 237 cm³/mol. The lowest BCUT2D eigenvalue weighted by atomic mass is 10.1. The highest BCUT2D eigenvalue weighted by Gasteiger charge is 2.12. The van der Waals surface area contributed by atoms with Crippen LogP contribution >= 0.6 is 0 Å². The van der Waals surface area contributed by atoms with Crippen LogP contribution in [0.2, 0.25) is 0 Å². The number of pyridine rings is 3. The van der Waals surface area contributed by atoms with Gasteiger partial charge in [0.2, 0.25) is 0 Å². The molecule has 15 nitrogen and oxygen atoms in total. The zero-order valence-electron chi connectivity index (χ0n) is 33.9. The molecule has 0 spiro atoms. The number of benzene rings is 3. The molecule has 0 aliphatic heterocycles. The highest BCUT2D eigenvalue weighted by Crippen LogP contribution is 2.30. The second-order valence-corrected chi connectivity index (χ2v) is 13.8. The van der Waals surface area contributed by atoms with E-state index in [4.69, 9.17) is 18.0 Å². The Balaban J connectivity index is 0.000000171. The van der Waals surface area contributed by atoms with Gasteiger partial charge in [-0.05, 0) is 103 Å². The van der Waals surface area contributed by atoms with E-state index in [0.717, 1.165) is 61.8 Å². The summed E-state index contributed by atoms with van der Waals surface area (Å²) in [5.74, 6) is 0.969. The Morgan fingerprint density at radius 1 is 0.613 bits per heavy atom. The van der Waals surface area contributed by atoms with Gasteiger partial charge in [0.05, 0.1) is 25.1 Å². The number of carbonyl (C=O) groups excluding carboxylic acids is 1. The van der Waals surface area contributed by atoms with Gasteiger partial charge in [-0.3, -0.25) is 15.0 Å². The van der Waals surface area contributed by atoms with Crippen molar-refractivity contribution in [2.75, 3.05) is 28.4 Å². The summed E-state index contributed by atoms with van der Waals surface area (Å²) >= 11 is 0. The Labute approximate surface area is 356 Å². The number of aryl methyl sites for hydroxylation is 2. The van der Waals surface area contributed by atoms with Gasteiger partial charge in [-0.15, -0.1) is 0 Å². The number of rotatable bonds is 13. The van der Waals surface area contributed by atoms with Gasteiger partial charge in [0, 0.05) is 83.2 Å². The Morgan fingerprint density at radius 2 is 1.23 bits per heavy atom. The lowest BCUT2D eigenvalue weighted by Crippen LogP contribution is -2.03. The number of nitrogens with one attached hydrogen (secondary N) is 4. The van der Waals surface area contributed by atoms with E-state index in [1.165, 1.54) is 7.11 Å². The minimum absolute atomic E-state index is 0.341. The van der Waals surface area contributed by atoms with Crippen LogP contribution in [0.3, 0.4) is 0 Å². The number of esters is 1. The number of nitrogens with zero attached hydrogens (tertiary/aromatic N) is 6. The van der Waals surface area contributed by atoms with Crippen LogP contribution in [0.15, 0.2) is 166 Å². The molecule has 9 aromatic rings. The molecule has 0 bridgehead atoms. The van der Waals surface area contributed by atoms with Crippen molar-refractivity contribution in [2.45, 2.75) is 20.4 Å². The normalized spacial score (nSPS) is 10.6. The van der Waals surface area contributed by atoms with E-state index in [1.54, 1.807) is 68.0 Å². The lowest BCUT2D eigenvalue weighted by molar-refractivity contribution is 0.0600. The molecule has 6 aromatic heterocycles. The average Bonchev–Trinajstić information content (AvgIpc) is 4.11. The molecule has 3 aromatic carbocycles. The third kappa shape index (κ3) is 10.2. The van der Waals surface area contributed by atoms with Crippen LogP contribution in [0.4, 0.5) is 40.8 Å². The number of ether oxygens (including phenoxy) is 1. The van der Waals surface area contributed by atoms with Crippen LogP contribution in [0.5, 0.6) is 0 Å². The van der Waals surface area contributed by atoms with E-state index in [-0.39, 0.29) is 5.97 Å². The molecule has 0 aliphatic rings. The van der Waals surface area contributed by atoms with Crippen LogP contribution < -0.4 is 21.3 Å². The number of carbonyl (C=O) groups is 1. The Kier molecular flexibility index (Phi) is 12.3. The summed E-state index contributed by atoms with van der Waals surface area (Å²) in [6.07, 6.45) is 15.3. The van der Waals surface area contributed by atoms with Gasteiger partial charge >= 0.3 is 5.97 Å². The summed E-state index contributed by atoms with van der Waals surface area (Å²) in [6, 6.07) is 31.8. The number of anilines is 7. The summed E-state index contributed by atoms with van der Waals surface area (Å²) in [5, 5.41) is 13.0. The first-order valence-corrected chi connectivity index (χ1v) is 19.4. The summed E-state index contributed by atoms with van der Waals surface area (Å²) in [6.45, 7) is 4.64. The zero-order valence-corrected chi connectivity index (χ0v) is 33.9. The molecule has 0 saturated carbocycles. The van der Waals surface area contributed by atoms with Gasteiger partial charge in [-0.1, -0.05) is 24.3 Å². The van der Waals surface area contributed by atoms with Gasteiger partial charge < -0.3 is 39.3 Å². The standard InChI is InChI=1S/C24H22N4O3.C23H18N6O2/c1-16-5-10-20(26-13-17-6-8-18(9-7-17)23(29)30-2)12-21(16)27-24-28-22(15-31-24)19-4-3-11-25-14-19;1-15-4-5-18(28-22-26-14-21(31-22)17-3-2-8-25-12-17)11-19(15)29-23-27-13-20(30-23)16-6-9-24-10-7-16/h3-12,14-15,26H,13H2,1-2H3,(H,27,28);2-14H,1H3,(H,26,28)(H,27,29). The fourth-order valence-electron chi connectivity index (χ4n) is 6.07. The smallest absolute Gasteiger partial charge is 0.337 e. The fourth-order valence-corrected chi connectivity index (χ4v) is 6.07. The van der Waals surface area contributed by atoms with E-state index in [0.29, 0.717) is 41.7 Å². The van der Waals surface area contributed by atoms with Crippen LogP contribution in [0.1, 0.15) is 27.0 Å². The van der Waals surface area contributed by atoms with Crippen molar-refractivity contribution in [3.63, 3.8) is 0 Å². The van der Waals surface area contributed by atoms with E-state index in [1.807, 2.05) is 98.8 Å². The van der Waals surface area contributed by atoms with E-state index in [2.05, 4.69) is 51.2 Å². The van der Waals surface area contributed by atoms with Gasteiger partial charge in [0.25, 0.3) is 18.0 Å². The molecule has 0 fully saturated rings. The van der Waals surface area contributed by atoms with Crippen molar-refractivity contribution in [1.82, 2.24) is 29.9 Å². The lowest BCUT2D eigenvalue weighted by Gasteiger charge is -2.11. The van der Waals surface area contributed by atoms with E-state index in [9.17, 15) is 4.79 Å². The maximum Gasteiger partial charge on any atom is 0.337 e. The summed E-state index contributed by atoms with van der Waals surface area (Å²) in [7, 11) is 1.37. The van der Waals surface area contributed by atoms with Crippen LogP contribution in [0.25, 0.3) is 33.9 Å². The average molecular weight is 825 g/mol. The summed E-state index contributed by atoms with van der Waals surface area (Å²) < 4.78 is 21.9. The van der Waals surface area contributed by atoms with Gasteiger partial charge in [-0.25, -0.2) is 14.8 Å².